The van der Waals surface area contributed by atoms with E-state index < -0.39 is 6.09 Å². The Morgan fingerprint density at radius 2 is 2.24 bits per heavy atom. The smallest absolute Gasteiger partial charge is 0.445 e. The molecule has 1 aliphatic rings. The molecule has 6 nitrogen and oxygen atoms in total. The third-order valence-electron chi connectivity index (χ3n) is 2.41. The second-order valence-corrected chi connectivity index (χ2v) is 3.42. The van der Waals surface area contributed by atoms with Gasteiger partial charge in [-0.05, 0) is 18.2 Å². The van der Waals surface area contributed by atoms with Crippen molar-refractivity contribution in [2.75, 3.05) is 0 Å². The molecule has 0 radical (unpaired) electrons. The van der Waals surface area contributed by atoms with Crippen LogP contribution in [-0.4, -0.2) is 26.2 Å². The summed E-state index contributed by atoms with van der Waals surface area (Å²) >= 11 is 0. The maximum atomic E-state index is 10.9. The van der Waals surface area contributed by atoms with Crippen molar-refractivity contribution in [1.29, 1.82) is 0 Å². The molecule has 2 aromatic rings. The predicted octanol–water partition coefficient (Wildman–Crippen LogP) is 1.89. The Bertz CT molecular complexity index is 634. The fourth-order valence-corrected chi connectivity index (χ4v) is 1.68. The zero-order valence-electron chi connectivity index (χ0n) is 8.57. The second kappa shape index (κ2) is 3.44. The first-order chi connectivity index (χ1) is 8.25. The van der Waals surface area contributed by atoms with Crippen LogP contribution in [0.2, 0.25) is 0 Å². The van der Waals surface area contributed by atoms with Crippen LogP contribution in [-0.2, 0) is 0 Å². The summed E-state index contributed by atoms with van der Waals surface area (Å²) in [7, 11) is 0. The summed E-state index contributed by atoms with van der Waals surface area (Å²) in [6.45, 7) is 0. The summed E-state index contributed by atoms with van der Waals surface area (Å²) in [6, 6.07) is 5.25. The summed E-state index contributed by atoms with van der Waals surface area (Å²) < 4.78 is 0. The fraction of sp³-hybridized carbons (Fsp3) is 0. The maximum Gasteiger partial charge on any atom is 0.445 e. The monoisotopic (exact) mass is 229 g/mol. The second-order valence-electron chi connectivity index (χ2n) is 3.42. The number of hydrogen-bond acceptors (Lipinski definition) is 4. The van der Waals surface area contributed by atoms with Crippen LogP contribution in [0.25, 0.3) is 17.0 Å². The molecule has 0 fully saturated rings. The van der Waals surface area contributed by atoms with Crippen molar-refractivity contribution in [2.45, 2.75) is 0 Å². The Kier molecular flexibility index (Phi) is 1.94. The van der Waals surface area contributed by atoms with E-state index in [0.717, 1.165) is 5.06 Å². The molecule has 2 heterocycles. The lowest BCUT2D eigenvalue weighted by Gasteiger charge is -2.13. The number of benzene rings is 1. The Labute approximate surface area is 95.7 Å². The van der Waals surface area contributed by atoms with Gasteiger partial charge in [-0.15, -0.1) is 5.06 Å². The molecule has 84 valence electrons. The standard InChI is InChI=1S/C11H7N3O3/c15-11(16)14-5-4-8-10-7(12-6-13-8)2-1-3-9(10)17-14/h1-6H,(H,15,16). The number of nitrogens with zero attached hydrogens (tertiary/aromatic N) is 3. The van der Waals surface area contributed by atoms with Gasteiger partial charge in [0, 0.05) is 0 Å². The highest BCUT2D eigenvalue weighted by molar-refractivity contribution is 5.92. The largest absolute Gasteiger partial charge is 0.463 e. The third-order valence-corrected chi connectivity index (χ3v) is 2.41. The van der Waals surface area contributed by atoms with Crippen LogP contribution in [0.4, 0.5) is 4.79 Å². The molecular formula is C11H7N3O3. The van der Waals surface area contributed by atoms with E-state index in [1.165, 1.54) is 12.5 Å². The minimum Gasteiger partial charge on any atom is -0.463 e. The number of carbonyl (C=O) groups is 1. The lowest BCUT2D eigenvalue weighted by atomic mass is 10.1. The Balaban J connectivity index is 2.28. The van der Waals surface area contributed by atoms with Crippen molar-refractivity contribution >= 4 is 23.1 Å². The van der Waals surface area contributed by atoms with E-state index in [0.29, 0.717) is 22.3 Å². The molecule has 1 aromatic carbocycles. The summed E-state index contributed by atoms with van der Waals surface area (Å²) in [4.78, 5) is 24.3. The highest BCUT2D eigenvalue weighted by Gasteiger charge is 2.18. The molecule has 1 N–H and O–H groups in total. The molecule has 3 rings (SSSR count). The van der Waals surface area contributed by atoms with E-state index in [9.17, 15) is 4.79 Å². The van der Waals surface area contributed by atoms with Crippen molar-refractivity contribution in [3.8, 4) is 5.75 Å². The van der Waals surface area contributed by atoms with Gasteiger partial charge in [0.15, 0.2) is 5.75 Å². The molecule has 0 atom stereocenters. The molecule has 1 aromatic heterocycles. The SMILES string of the molecule is O=C(O)N1C=Cc2ncnc3cccc(c23)O1. The molecular weight excluding hydrogens is 222 g/mol. The molecule has 0 saturated heterocycles. The lowest BCUT2D eigenvalue weighted by Crippen LogP contribution is -2.26. The van der Waals surface area contributed by atoms with Crippen LogP contribution in [0.15, 0.2) is 30.7 Å². The molecule has 0 aliphatic carbocycles. The third kappa shape index (κ3) is 1.46. The first-order valence-electron chi connectivity index (χ1n) is 4.88. The summed E-state index contributed by atoms with van der Waals surface area (Å²) in [5, 5.41) is 10.3. The molecule has 1 amide bonds. The van der Waals surface area contributed by atoms with Gasteiger partial charge in [-0.25, -0.2) is 14.8 Å². The van der Waals surface area contributed by atoms with Crippen molar-refractivity contribution in [2.24, 2.45) is 0 Å². The highest BCUT2D eigenvalue weighted by Crippen LogP contribution is 2.30. The van der Waals surface area contributed by atoms with Crippen molar-refractivity contribution in [3.05, 3.63) is 36.4 Å². The van der Waals surface area contributed by atoms with Crippen molar-refractivity contribution in [3.63, 3.8) is 0 Å². The average Bonchev–Trinajstić information content (AvgIpc) is 2.52. The number of amides is 1. The number of hydroxylamine groups is 2. The molecule has 1 aliphatic heterocycles. The van der Waals surface area contributed by atoms with E-state index in [4.69, 9.17) is 9.94 Å². The quantitative estimate of drug-likeness (QED) is 0.746. The predicted molar refractivity (Wildman–Crippen MR) is 59.1 cm³/mol. The lowest BCUT2D eigenvalue weighted by molar-refractivity contribution is 0.00893. The van der Waals surface area contributed by atoms with Gasteiger partial charge in [-0.3, -0.25) is 0 Å². The van der Waals surface area contributed by atoms with E-state index in [1.54, 1.807) is 18.2 Å². The van der Waals surface area contributed by atoms with Gasteiger partial charge in [0.25, 0.3) is 0 Å². The Hall–Kier alpha value is -2.63. The topological polar surface area (TPSA) is 75.5 Å². The van der Waals surface area contributed by atoms with Crippen molar-refractivity contribution in [1.82, 2.24) is 15.0 Å². The minimum absolute atomic E-state index is 0.422. The van der Waals surface area contributed by atoms with Crippen LogP contribution in [0.3, 0.4) is 0 Å². The molecule has 0 saturated carbocycles. The van der Waals surface area contributed by atoms with Crippen LogP contribution in [0.5, 0.6) is 5.75 Å². The van der Waals surface area contributed by atoms with Crippen molar-refractivity contribution < 1.29 is 14.7 Å². The van der Waals surface area contributed by atoms with Gasteiger partial charge in [0.05, 0.1) is 22.8 Å². The first-order valence-corrected chi connectivity index (χ1v) is 4.88. The van der Waals surface area contributed by atoms with Crippen LogP contribution >= 0.6 is 0 Å². The molecule has 6 heteroatoms. The summed E-state index contributed by atoms with van der Waals surface area (Å²) in [5.74, 6) is 0.422. The van der Waals surface area contributed by atoms with Gasteiger partial charge < -0.3 is 9.94 Å². The van der Waals surface area contributed by atoms with Crippen LogP contribution < -0.4 is 4.84 Å². The zero-order chi connectivity index (χ0) is 11.8. The first kappa shape index (κ1) is 9.59. The Morgan fingerprint density at radius 1 is 1.35 bits per heavy atom. The molecule has 17 heavy (non-hydrogen) atoms. The van der Waals surface area contributed by atoms with E-state index in [-0.39, 0.29) is 0 Å². The van der Waals surface area contributed by atoms with Crippen LogP contribution in [0, 0.1) is 0 Å². The number of carboxylic acid groups (broad SMARTS) is 1. The summed E-state index contributed by atoms with van der Waals surface area (Å²) in [5.41, 5.74) is 1.35. The van der Waals surface area contributed by atoms with Gasteiger partial charge in [-0.1, -0.05) is 6.07 Å². The zero-order valence-corrected chi connectivity index (χ0v) is 8.57. The van der Waals surface area contributed by atoms with E-state index in [1.807, 2.05) is 6.07 Å². The van der Waals surface area contributed by atoms with Gasteiger partial charge in [-0.2, -0.15) is 0 Å². The van der Waals surface area contributed by atoms with E-state index >= 15 is 0 Å². The van der Waals surface area contributed by atoms with Crippen LogP contribution in [0.1, 0.15) is 5.69 Å². The molecule has 0 unspecified atom stereocenters. The molecule has 0 spiro atoms. The Morgan fingerprint density at radius 3 is 3.06 bits per heavy atom. The summed E-state index contributed by atoms with van der Waals surface area (Å²) in [6.07, 6.45) is 3.13. The van der Waals surface area contributed by atoms with E-state index in [2.05, 4.69) is 9.97 Å². The van der Waals surface area contributed by atoms with Gasteiger partial charge >= 0.3 is 6.09 Å². The minimum atomic E-state index is -1.20. The normalized spacial score (nSPS) is 13.3. The number of hydrogen-bond donors (Lipinski definition) is 1. The number of aromatic nitrogens is 2. The maximum absolute atomic E-state index is 10.9. The number of rotatable bonds is 0. The average molecular weight is 229 g/mol. The highest BCUT2D eigenvalue weighted by atomic mass is 16.7. The van der Waals surface area contributed by atoms with Gasteiger partial charge in [0.1, 0.15) is 6.33 Å². The molecule has 0 bridgehead atoms. The fourth-order valence-electron chi connectivity index (χ4n) is 1.68. The van der Waals surface area contributed by atoms with Gasteiger partial charge in [0.2, 0.25) is 0 Å².